The van der Waals surface area contributed by atoms with E-state index in [0.29, 0.717) is 24.6 Å². The van der Waals surface area contributed by atoms with E-state index in [-0.39, 0.29) is 11.9 Å². The number of fused-ring (bicyclic) bond motifs is 1. The Balaban J connectivity index is 1.64. The molecular formula is C19H24N8O. The van der Waals surface area contributed by atoms with E-state index in [1.807, 2.05) is 29.7 Å². The minimum atomic E-state index is -0.0836. The predicted molar refractivity (Wildman–Crippen MR) is 105 cm³/mol. The van der Waals surface area contributed by atoms with Gasteiger partial charge in [0.1, 0.15) is 0 Å². The highest BCUT2D eigenvalue weighted by Crippen LogP contribution is 2.25. The summed E-state index contributed by atoms with van der Waals surface area (Å²) < 4.78 is 1.91. The zero-order valence-corrected chi connectivity index (χ0v) is 16.1. The molecule has 1 aliphatic rings. The lowest BCUT2D eigenvalue weighted by Crippen LogP contribution is -2.47. The molecule has 0 aliphatic carbocycles. The Hall–Kier alpha value is -3.07. The molecule has 4 rings (SSSR count). The van der Waals surface area contributed by atoms with Crippen molar-refractivity contribution in [2.45, 2.75) is 19.4 Å². The van der Waals surface area contributed by atoms with Crippen molar-refractivity contribution >= 4 is 17.5 Å². The van der Waals surface area contributed by atoms with Gasteiger partial charge >= 0.3 is 0 Å². The molecule has 1 unspecified atom stereocenters. The Morgan fingerprint density at radius 2 is 2.04 bits per heavy atom. The van der Waals surface area contributed by atoms with Gasteiger partial charge in [-0.25, -0.2) is 9.97 Å². The third-order valence-corrected chi connectivity index (χ3v) is 5.01. The van der Waals surface area contributed by atoms with E-state index in [9.17, 15) is 4.79 Å². The maximum Gasteiger partial charge on any atom is 0.252 e. The van der Waals surface area contributed by atoms with Crippen LogP contribution in [0.2, 0.25) is 0 Å². The van der Waals surface area contributed by atoms with Gasteiger partial charge in [0.15, 0.2) is 11.5 Å². The first kappa shape index (κ1) is 18.3. The largest absolute Gasteiger partial charge is 0.352 e. The van der Waals surface area contributed by atoms with E-state index in [1.165, 1.54) is 0 Å². The lowest BCUT2D eigenvalue weighted by Gasteiger charge is -2.38. The fraction of sp³-hybridized carbons (Fsp3) is 0.421. The first-order valence-electron chi connectivity index (χ1n) is 9.52. The molecule has 1 saturated heterocycles. The van der Waals surface area contributed by atoms with E-state index >= 15 is 0 Å². The summed E-state index contributed by atoms with van der Waals surface area (Å²) in [6, 6.07) is 5.45. The van der Waals surface area contributed by atoms with Crippen LogP contribution in [0.1, 0.15) is 35.6 Å². The molecule has 0 radical (unpaired) electrons. The van der Waals surface area contributed by atoms with Crippen LogP contribution in [0.15, 0.2) is 36.8 Å². The number of nitrogens with zero attached hydrogens (tertiary/aromatic N) is 7. The van der Waals surface area contributed by atoms with E-state index in [2.05, 4.69) is 42.3 Å². The molecule has 1 N–H and O–H groups in total. The maximum absolute atomic E-state index is 12.4. The topological polar surface area (TPSA) is 91.5 Å². The normalized spacial score (nSPS) is 17.8. The quantitative estimate of drug-likeness (QED) is 0.710. The number of hydrogen-bond acceptors (Lipinski definition) is 7. The van der Waals surface area contributed by atoms with Crippen molar-refractivity contribution < 1.29 is 4.79 Å². The molecule has 3 aromatic heterocycles. The van der Waals surface area contributed by atoms with Gasteiger partial charge in [-0.3, -0.25) is 14.1 Å². The van der Waals surface area contributed by atoms with E-state index in [0.717, 1.165) is 31.0 Å². The molecule has 1 fully saturated rings. The van der Waals surface area contributed by atoms with E-state index in [1.54, 1.807) is 18.5 Å². The monoisotopic (exact) mass is 380 g/mol. The predicted octanol–water partition coefficient (Wildman–Crippen LogP) is 1.15. The van der Waals surface area contributed by atoms with Crippen LogP contribution >= 0.6 is 0 Å². The Morgan fingerprint density at radius 3 is 2.82 bits per heavy atom. The van der Waals surface area contributed by atoms with Crippen LogP contribution in [-0.4, -0.2) is 68.6 Å². The molecular weight excluding hydrogens is 356 g/mol. The second kappa shape index (κ2) is 7.89. The van der Waals surface area contributed by atoms with Crippen LogP contribution in [-0.2, 0) is 0 Å². The molecule has 1 amide bonds. The molecule has 28 heavy (non-hydrogen) atoms. The van der Waals surface area contributed by atoms with Crippen LogP contribution in [0.4, 0.5) is 5.95 Å². The highest BCUT2D eigenvalue weighted by molar-refractivity contribution is 5.94. The summed E-state index contributed by atoms with van der Waals surface area (Å²) in [7, 11) is 2.08. The second-order valence-electron chi connectivity index (χ2n) is 6.95. The summed E-state index contributed by atoms with van der Waals surface area (Å²) in [6.07, 6.45) is 6.23. The Kier molecular flexibility index (Phi) is 5.16. The number of pyridine rings is 1. The number of hydrogen-bond donors (Lipinski definition) is 1. The second-order valence-corrected chi connectivity index (χ2v) is 6.95. The first-order chi connectivity index (χ1) is 13.7. The molecule has 9 heteroatoms. The van der Waals surface area contributed by atoms with E-state index < -0.39 is 0 Å². The third-order valence-electron chi connectivity index (χ3n) is 5.01. The SMILES string of the molecule is CCCNC(=O)c1ccc2nnc(C3CN(c4ncccn4)CCN3C)n2c1. The number of aromatic nitrogens is 5. The number of amides is 1. The van der Waals surface area contributed by atoms with Crippen molar-refractivity contribution in [1.29, 1.82) is 0 Å². The number of anilines is 1. The number of nitrogens with one attached hydrogen (secondary N) is 1. The van der Waals surface area contributed by atoms with Gasteiger partial charge in [-0.1, -0.05) is 6.92 Å². The Bertz CT molecular complexity index is 957. The van der Waals surface area contributed by atoms with Crippen LogP contribution in [0, 0.1) is 0 Å². The van der Waals surface area contributed by atoms with Gasteiger partial charge in [0, 0.05) is 44.8 Å². The first-order valence-corrected chi connectivity index (χ1v) is 9.52. The zero-order chi connectivity index (χ0) is 19.5. The van der Waals surface area contributed by atoms with Crippen molar-refractivity contribution in [2.24, 2.45) is 0 Å². The summed E-state index contributed by atoms with van der Waals surface area (Å²) in [5.74, 6) is 1.44. The fourth-order valence-electron chi connectivity index (χ4n) is 3.40. The highest BCUT2D eigenvalue weighted by Gasteiger charge is 2.30. The minimum Gasteiger partial charge on any atom is -0.352 e. The lowest BCUT2D eigenvalue weighted by molar-refractivity contribution is 0.0953. The van der Waals surface area contributed by atoms with Gasteiger partial charge in [0.25, 0.3) is 5.91 Å². The third kappa shape index (κ3) is 3.53. The van der Waals surface area contributed by atoms with Crippen LogP contribution in [0.3, 0.4) is 0 Å². The number of carbonyl (C=O) groups is 1. The summed E-state index contributed by atoms with van der Waals surface area (Å²) in [5, 5.41) is 11.6. The standard InChI is InChI=1S/C19H24N8O/c1-3-7-20-18(28)14-5-6-16-23-24-17(27(16)12-14)15-13-26(11-10-25(15)2)19-21-8-4-9-22-19/h4-6,8-9,12,15H,3,7,10-11,13H2,1-2H3,(H,20,28). The van der Waals surface area contributed by atoms with Crippen LogP contribution in [0.5, 0.6) is 0 Å². The fourth-order valence-corrected chi connectivity index (χ4v) is 3.40. The summed E-state index contributed by atoms with van der Waals surface area (Å²) in [4.78, 5) is 25.5. The molecule has 0 aromatic carbocycles. The van der Waals surface area contributed by atoms with Gasteiger partial charge in [0.05, 0.1) is 11.6 Å². The smallest absolute Gasteiger partial charge is 0.252 e. The van der Waals surface area contributed by atoms with Gasteiger partial charge in [-0.2, -0.15) is 0 Å². The van der Waals surface area contributed by atoms with Crippen LogP contribution < -0.4 is 10.2 Å². The van der Waals surface area contributed by atoms with Crippen molar-refractivity contribution in [3.05, 3.63) is 48.2 Å². The summed E-state index contributed by atoms with van der Waals surface area (Å²) >= 11 is 0. The molecule has 0 bridgehead atoms. The summed E-state index contributed by atoms with van der Waals surface area (Å²) in [5.41, 5.74) is 1.33. The Labute approximate surface area is 163 Å². The molecule has 9 nitrogen and oxygen atoms in total. The lowest BCUT2D eigenvalue weighted by atomic mass is 10.1. The average molecular weight is 380 g/mol. The van der Waals surface area contributed by atoms with Crippen molar-refractivity contribution in [1.82, 2.24) is 34.8 Å². The molecule has 146 valence electrons. The molecule has 4 heterocycles. The van der Waals surface area contributed by atoms with Crippen molar-refractivity contribution in [2.75, 3.05) is 38.1 Å². The van der Waals surface area contributed by atoms with Gasteiger partial charge in [0.2, 0.25) is 5.95 Å². The van der Waals surface area contributed by atoms with Crippen LogP contribution in [0.25, 0.3) is 5.65 Å². The van der Waals surface area contributed by atoms with Crippen molar-refractivity contribution in [3.63, 3.8) is 0 Å². The van der Waals surface area contributed by atoms with E-state index in [4.69, 9.17) is 0 Å². The molecule has 0 saturated carbocycles. The highest BCUT2D eigenvalue weighted by atomic mass is 16.1. The number of likely N-dealkylation sites (N-methyl/N-ethyl adjacent to an activating group) is 1. The Morgan fingerprint density at radius 1 is 1.21 bits per heavy atom. The van der Waals surface area contributed by atoms with Gasteiger partial charge < -0.3 is 10.2 Å². The average Bonchev–Trinajstić information content (AvgIpc) is 3.16. The molecule has 0 spiro atoms. The summed E-state index contributed by atoms with van der Waals surface area (Å²) in [6.45, 7) is 5.09. The number of carbonyl (C=O) groups excluding carboxylic acids is 1. The molecule has 1 atom stereocenters. The zero-order valence-electron chi connectivity index (χ0n) is 16.1. The maximum atomic E-state index is 12.4. The molecule has 3 aromatic rings. The van der Waals surface area contributed by atoms with Gasteiger partial charge in [-0.15, -0.1) is 10.2 Å². The van der Waals surface area contributed by atoms with Gasteiger partial charge in [-0.05, 0) is 31.7 Å². The molecule has 1 aliphatic heterocycles. The van der Waals surface area contributed by atoms with Crippen molar-refractivity contribution in [3.8, 4) is 0 Å². The number of piperazine rings is 1. The number of rotatable bonds is 5. The minimum absolute atomic E-state index is 0.0153.